The number of hydrogen-bond acceptors (Lipinski definition) is 3. The van der Waals surface area contributed by atoms with Gasteiger partial charge in [0, 0.05) is 19.5 Å². The van der Waals surface area contributed by atoms with Gasteiger partial charge in [0.1, 0.15) is 0 Å². The van der Waals surface area contributed by atoms with Crippen LogP contribution in [-0.4, -0.2) is 44.5 Å². The SMILES string of the molecule is COc1cccc(C(=O)N(C)CCCCCCl)c1OC. The quantitative estimate of drug-likeness (QED) is 0.546. The molecule has 1 rings (SSSR count). The molecule has 1 aromatic rings. The first kappa shape index (κ1) is 16.6. The van der Waals surface area contributed by atoms with Crippen molar-refractivity contribution in [1.29, 1.82) is 0 Å². The maximum atomic E-state index is 12.4. The maximum absolute atomic E-state index is 12.4. The van der Waals surface area contributed by atoms with E-state index in [1.165, 1.54) is 7.11 Å². The lowest BCUT2D eigenvalue weighted by atomic mass is 10.1. The number of methoxy groups -OCH3 is 2. The van der Waals surface area contributed by atoms with Crippen molar-refractivity contribution >= 4 is 17.5 Å². The van der Waals surface area contributed by atoms with Gasteiger partial charge in [-0.15, -0.1) is 11.6 Å². The van der Waals surface area contributed by atoms with Crippen LogP contribution in [-0.2, 0) is 0 Å². The molecule has 0 saturated heterocycles. The van der Waals surface area contributed by atoms with Crippen molar-refractivity contribution in [3.8, 4) is 11.5 Å². The van der Waals surface area contributed by atoms with Gasteiger partial charge < -0.3 is 14.4 Å². The number of halogens is 1. The van der Waals surface area contributed by atoms with E-state index in [1.807, 2.05) is 0 Å². The van der Waals surface area contributed by atoms with Crippen molar-refractivity contribution in [2.45, 2.75) is 19.3 Å². The Morgan fingerprint density at radius 2 is 1.95 bits per heavy atom. The summed E-state index contributed by atoms with van der Waals surface area (Å²) in [6, 6.07) is 5.31. The highest BCUT2D eigenvalue weighted by atomic mass is 35.5. The summed E-state index contributed by atoms with van der Waals surface area (Å²) < 4.78 is 10.5. The fraction of sp³-hybridized carbons (Fsp3) is 0.533. The molecule has 0 aromatic heterocycles. The molecule has 0 saturated carbocycles. The highest BCUT2D eigenvalue weighted by Gasteiger charge is 2.19. The summed E-state index contributed by atoms with van der Waals surface area (Å²) in [6.07, 6.45) is 2.95. The molecular formula is C15H22ClNO3. The first-order valence-electron chi connectivity index (χ1n) is 6.68. The average Bonchev–Trinajstić information content (AvgIpc) is 2.49. The van der Waals surface area contributed by atoms with Gasteiger partial charge in [0.05, 0.1) is 19.8 Å². The van der Waals surface area contributed by atoms with E-state index in [2.05, 4.69) is 0 Å². The molecule has 0 aliphatic rings. The molecule has 0 aliphatic carbocycles. The van der Waals surface area contributed by atoms with E-state index in [9.17, 15) is 4.79 Å². The van der Waals surface area contributed by atoms with Gasteiger partial charge in [-0.2, -0.15) is 0 Å². The fourth-order valence-electron chi connectivity index (χ4n) is 1.98. The molecule has 1 aromatic carbocycles. The number of rotatable bonds is 8. The molecule has 0 unspecified atom stereocenters. The molecule has 0 atom stereocenters. The number of benzene rings is 1. The number of nitrogens with zero attached hydrogens (tertiary/aromatic N) is 1. The summed E-state index contributed by atoms with van der Waals surface area (Å²) >= 11 is 5.64. The number of ether oxygens (including phenoxy) is 2. The second kappa shape index (κ2) is 8.69. The van der Waals surface area contributed by atoms with Crippen LogP contribution in [0.1, 0.15) is 29.6 Å². The Kier molecular flexibility index (Phi) is 7.23. The van der Waals surface area contributed by atoms with Crippen LogP contribution in [0, 0.1) is 0 Å². The maximum Gasteiger partial charge on any atom is 0.257 e. The van der Waals surface area contributed by atoms with Crippen LogP contribution in [0.15, 0.2) is 18.2 Å². The molecule has 0 aliphatic heterocycles. The Morgan fingerprint density at radius 3 is 2.55 bits per heavy atom. The van der Waals surface area contributed by atoms with E-state index < -0.39 is 0 Å². The molecule has 5 heteroatoms. The number of amides is 1. The molecule has 0 radical (unpaired) electrons. The van der Waals surface area contributed by atoms with Gasteiger partial charge in [0.15, 0.2) is 11.5 Å². The molecule has 0 spiro atoms. The Balaban J connectivity index is 2.76. The smallest absolute Gasteiger partial charge is 0.257 e. The molecule has 0 N–H and O–H groups in total. The minimum atomic E-state index is -0.0633. The second-order valence-electron chi connectivity index (χ2n) is 4.52. The standard InChI is InChI=1S/C15H22ClNO3/c1-17(11-6-4-5-10-16)15(18)12-8-7-9-13(19-2)14(12)20-3/h7-9H,4-6,10-11H2,1-3H3. The van der Waals surface area contributed by atoms with Gasteiger partial charge in [-0.25, -0.2) is 0 Å². The van der Waals surface area contributed by atoms with E-state index in [0.717, 1.165) is 19.3 Å². The van der Waals surface area contributed by atoms with Gasteiger partial charge in [0.25, 0.3) is 5.91 Å². The number of unbranched alkanes of at least 4 members (excludes halogenated alkanes) is 2. The molecular weight excluding hydrogens is 278 g/mol. The normalized spacial score (nSPS) is 10.2. The van der Waals surface area contributed by atoms with Crippen molar-refractivity contribution in [2.24, 2.45) is 0 Å². The van der Waals surface area contributed by atoms with Crippen molar-refractivity contribution in [1.82, 2.24) is 4.90 Å². The number of hydrogen-bond donors (Lipinski definition) is 0. The van der Waals surface area contributed by atoms with Gasteiger partial charge in [0.2, 0.25) is 0 Å². The van der Waals surface area contributed by atoms with E-state index in [0.29, 0.717) is 29.5 Å². The predicted octanol–water partition coefficient (Wildman–Crippen LogP) is 3.18. The largest absolute Gasteiger partial charge is 0.493 e. The molecule has 0 fully saturated rings. The van der Waals surface area contributed by atoms with E-state index >= 15 is 0 Å². The first-order chi connectivity index (χ1) is 9.65. The summed E-state index contributed by atoms with van der Waals surface area (Å²) in [7, 11) is 4.89. The molecule has 112 valence electrons. The zero-order chi connectivity index (χ0) is 15.0. The lowest BCUT2D eigenvalue weighted by Crippen LogP contribution is -2.28. The Bertz CT molecular complexity index is 437. The van der Waals surface area contributed by atoms with Crippen LogP contribution in [0.25, 0.3) is 0 Å². The van der Waals surface area contributed by atoms with E-state index in [1.54, 1.807) is 37.3 Å². The van der Waals surface area contributed by atoms with E-state index in [4.69, 9.17) is 21.1 Å². The molecule has 4 nitrogen and oxygen atoms in total. The predicted molar refractivity (Wildman–Crippen MR) is 81.1 cm³/mol. The number of para-hydroxylation sites is 1. The van der Waals surface area contributed by atoms with Crippen LogP contribution in [0.2, 0.25) is 0 Å². The number of carbonyl (C=O) groups is 1. The second-order valence-corrected chi connectivity index (χ2v) is 4.90. The lowest BCUT2D eigenvalue weighted by Gasteiger charge is -2.19. The average molecular weight is 300 g/mol. The third-order valence-corrected chi connectivity index (χ3v) is 3.37. The monoisotopic (exact) mass is 299 g/mol. The van der Waals surface area contributed by atoms with Crippen LogP contribution < -0.4 is 9.47 Å². The van der Waals surface area contributed by atoms with Crippen molar-refractivity contribution in [3.05, 3.63) is 23.8 Å². The molecule has 0 bridgehead atoms. The lowest BCUT2D eigenvalue weighted by molar-refractivity contribution is 0.0788. The van der Waals surface area contributed by atoms with Gasteiger partial charge in [-0.1, -0.05) is 12.5 Å². The first-order valence-corrected chi connectivity index (χ1v) is 7.21. The third-order valence-electron chi connectivity index (χ3n) is 3.11. The summed E-state index contributed by atoms with van der Waals surface area (Å²) in [4.78, 5) is 14.1. The number of alkyl halides is 1. The van der Waals surface area contributed by atoms with E-state index in [-0.39, 0.29) is 5.91 Å². The van der Waals surface area contributed by atoms with Crippen LogP contribution in [0.5, 0.6) is 11.5 Å². The topological polar surface area (TPSA) is 38.8 Å². The van der Waals surface area contributed by atoms with Gasteiger partial charge >= 0.3 is 0 Å². The zero-order valence-electron chi connectivity index (χ0n) is 12.3. The molecule has 20 heavy (non-hydrogen) atoms. The van der Waals surface area contributed by atoms with Crippen LogP contribution >= 0.6 is 11.6 Å². The molecule has 0 heterocycles. The summed E-state index contributed by atoms with van der Waals surface area (Å²) in [6.45, 7) is 0.704. The zero-order valence-corrected chi connectivity index (χ0v) is 13.1. The Morgan fingerprint density at radius 1 is 1.20 bits per heavy atom. The van der Waals surface area contributed by atoms with Crippen molar-refractivity contribution < 1.29 is 14.3 Å². The van der Waals surface area contributed by atoms with Crippen LogP contribution in [0.3, 0.4) is 0 Å². The third kappa shape index (κ3) is 4.30. The molecule has 1 amide bonds. The summed E-state index contributed by atoms with van der Waals surface area (Å²) in [5.41, 5.74) is 0.520. The number of carbonyl (C=O) groups excluding carboxylic acids is 1. The van der Waals surface area contributed by atoms with Gasteiger partial charge in [-0.3, -0.25) is 4.79 Å². The highest BCUT2D eigenvalue weighted by molar-refractivity contribution is 6.17. The highest BCUT2D eigenvalue weighted by Crippen LogP contribution is 2.31. The van der Waals surface area contributed by atoms with Crippen molar-refractivity contribution in [3.63, 3.8) is 0 Å². The summed E-state index contributed by atoms with van der Waals surface area (Å²) in [5, 5.41) is 0. The minimum Gasteiger partial charge on any atom is -0.493 e. The van der Waals surface area contributed by atoms with Gasteiger partial charge in [-0.05, 0) is 25.0 Å². The summed E-state index contributed by atoms with van der Waals surface area (Å²) in [5.74, 6) is 1.65. The Labute approximate surface area is 125 Å². The fourth-order valence-corrected chi connectivity index (χ4v) is 2.17. The minimum absolute atomic E-state index is 0.0633. The Hall–Kier alpha value is -1.42. The van der Waals surface area contributed by atoms with Crippen LogP contribution in [0.4, 0.5) is 0 Å². The van der Waals surface area contributed by atoms with Crippen molar-refractivity contribution in [2.75, 3.05) is 33.7 Å².